The Morgan fingerprint density at radius 2 is 1.84 bits per heavy atom. The fourth-order valence-electron chi connectivity index (χ4n) is 5.25. The maximum Gasteiger partial charge on any atom is 0.273 e. The van der Waals surface area contributed by atoms with Crippen LogP contribution in [0.1, 0.15) is 43.7 Å². The van der Waals surface area contributed by atoms with Crippen LogP contribution < -0.4 is 14.4 Å². The molecule has 4 rings (SSSR count). The summed E-state index contributed by atoms with van der Waals surface area (Å²) < 4.78 is 35.5. The summed E-state index contributed by atoms with van der Waals surface area (Å²) in [6.07, 6.45) is 3.71. The van der Waals surface area contributed by atoms with Crippen LogP contribution in [0, 0.1) is 17.0 Å². The molecule has 0 spiro atoms. The van der Waals surface area contributed by atoms with Crippen LogP contribution in [0.25, 0.3) is 0 Å². The lowest BCUT2D eigenvalue weighted by atomic mass is 10.1. The van der Waals surface area contributed by atoms with Gasteiger partial charge in [0.1, 0.15) is 18.3 Å². The third-order valence-electron chi connectivity index (χ3n) is 7.76. The normalized spacial score (nSPS) is 14.1. The molecule has 0 aromatic heterocycles. The minimum atomic E-state index is -4.61. The van der Waals surface area contributed by atoms with Gasteiger partial charge in [0, 0.05) is 33.7 Å². The number of sulfonamides is 1. The number of methoxy groups -OCH3 is 1. The fraction of sp³-hybridized carbons (Fsp3) is 0.355. The Balaban J connectivity index is 1.79. The maximum atomic E-state index is 14.2. The van der Waals surface area contributed by atoms with E-state index >= 15 is 0 Å². The summed E-state index contributed by atoms with van der Waals surface area (Å²) >= 11 is 9.71. The molecule has 3 aromatic rings. The van der Waals surface area contributed by atoms with Crippen molar-refractivity contribution in [3.63, 3.8) is 0 Å². The van der Waals surface area contributed by atoms with Crippen molar-refractivity contribution >= 4 is 60.7 Å². The first kappa shape index (κ1) is 34.2. The lowest BCUT2D eigenvalue weighted by Crippen LogP contribution is -2.52. The first-order valence-corrected chi connectivity index (χ1v) is 16.9. The van der Waals surface area contributed by atoms with Crippen LogP contribution in [0.3, 0.4) is 0 Å². The molecule has 240 valence electrons. The number of rotatable bonds is 12. The lowest BCUT2D eigenvalue weighted by Gasteiger charge is -2.33. The Morgan fingerprint density at radius 3 is 2.49 bits per heavy atom. The number of hydrogen-bond donors (Lipinski definition) is 1. The monoisotopic (exact) mass is 720 g/mol. The first-order chi connectivity index (χ1) is 21.3. The second-order valence-corrected chi connectivity index (χ2v) is 14.1. The fourth-order valence-corrected chi connectivity index (χ4v) is 7.30. The number of nitrogens with one attached hydrogen (secondary N) is 1. The van der Waals surface area contributed by atoms with E-state index in [4.69, 9.17) is 16.3 Å². The average molecular weight is 722 g/mol. The molecule has 0 unspecified atom stereocenters. The van der Waals surface area contributed by atoms with E-state index in [1.54, 1.807) is 19.1 Å². The molecule has 0 bridgehead atoms. The molecule has 2 amide bonds. The van der Waals surface area contributed by atoms with Gasteiger partial charge in [0.2, 0.25) is 11.8 Å². The minimum absolute atomic E-state index is 0.00713. The molecule has 0 heterocycles. The Morgan fingerprint density at radius 1 is 1.13 bits per heavy atom. The van der Waals surface area contributed by atoms with Gasteiger partial charge in [-0.1, -0.05) is 58.6 Å². The van der Waals surface area contributed by atoms with Gasteiger partial charge in [0.25, 0.3) is 15.7 Å². The Kier molecular flexibility index (Phi) is 11.1. The molecular weight excluding hydrogens is 688 g/mol. The van der Waals surface area contributed by atoms with E-state index in [2.05, 4.69) is 21.2 Å². The smallest absolute Gasteiger partial charge is 0.273 e. The zero-order chi connectivity index (χ0) is 32.9. The van der Waals surface area contributed by atoms with E-state index < -0.39 is 44.0 Å². The van der Waals surface area contributed by atoms with Gasteiger partial charge in [0.05, 0.1) is 22.6 Å². The highest BCUT2D eigenvalue weighted by atomic mass is 79.9. The van der Waals surface area contributed by atoms with Crippen LogP contribution in [0.4, 0.5) is 11.4 Å². The molecule has 0 aliphatic heterocycles. The molecule has 1 fully saturated rings. The summed E-state index contributed by atoms with van der Waals surface area (Å²) in [5, 5.41) is 14.9. The third-order valence-corrected chi connectivity index (χ3v) is 10.2. The molecular formula is C31H34BrClN4O7S. The van der Waals surface area contributed by atoms with Crippen LogP contribution in [0.2, 0.25) is 5.02 Å². The minimum Gasteiger partial charge on any atom is -0.495 e. The molecule has 1 atom stereocenters. The highest BCUT2D eigenvalue weighted by Crippen LogP contribution is 2.36. The van der Waals surface area contributed by atoms with Gasteiger partial charge in [-0.2, -0.15) is 0 Å². The summed E-state index contributed by atoms with van der Waals surface area (Å²) in [6.45, 7) is 2.35. The number of amides is 2. The second-order valence-electron chi connectivity index (χ2n) is 10.9. The molecule has 0 saturated heterocycles. The first-order valence-electron chi connectivity index (χ1n) is 14.3. The van der Waals surface area contributed by atoms with Crippen molar-refractivity contribution in [1.29, 1.82) is 0 Å². The summed E-state index contributed by atoms with van der Waals surface area (Å²) in [6, 6.07) is 14.1. The number of anilines is 1. The summed E-state index contributed by atoms with van der Waals surface area (Å²) in [5.41, 5.74) is 0.535. The molecule has 1 aliphatic carbocycles. The van der Waals surface area contributed by atoms with Crippen LogP contribution in [-0.4, -0.2) is 55.8 Å². The summed E-state index contributed by atoms with van der Waals surface area (Å²) in [7, 11) is -3.28. The SMILES string of the molecule is COc1ccc(Cl)cc1N(CC(=O)N(Cc1cccc(Br)c1)[C@H](C)C(=O)NC1CCCC1)S(=O)(=O)c1ccc(C)c([N+](=O)[O-])c1. The van der Waals surface area contributed by atoms with E-state index in [0.29, 0.717) is 5.56 Å². The number of nitrogens with zero attached hydrogens (tertiary/aromatic N) is 3. The Hall–Kier alpha value is -3.68. The lowest BCUT2D eigenvalue weighted by molar-refractivity contribution is -0.385. The predicted molar refractivity (Wildman–Crippen MR) is 175 cm³/mol. The van der Waals surface area contributed by atoms with Crippen molar-refractivity contribution in [2.24, 2.45) is 0 Å². The Bertz CT molecular complexity index is 1700. The number of carbonyl (C=O) groups is 2. The summed E-state index contributed by atoms with van der Waals surface area (Å²) in [5.74, 6) is -0.937. The molecule has 11 nitrogen and oxygen atoms in total. The zero-order valence-electron chi connectivity index (χ0n) is 25.0. The summed E-state index contributed by atoms with van der Waals surface area (Å²) in [4.78, 5) is 39.6. The molecule has 45 heavy (non-hydrogen) atoms. The average Bonchev–Trinajstić information content (AvgIpc) is 3.51. The molecule has 0 radical (unpaired) electrons. The van der Waals surface area contributed by atoms with Crippen LogP contribution in [0.5, 0.6) is 5.75 Å². The third kappa shape index (κ3) is 8.13. The van der Waals surface area contributed by atoms with E-state index in [1.807, 2.05) is 12.1 Å². The van der Waals surface area contributed by atoms with Gasteiger partial charge in [-0.25, -0.2) is 8.42 Å². The number of aryl methyl sites for hydroxylation is 1. The number of nitro benzene ring substituents is 1. The van der Waals surface area contributed by atoms with Gasteiger partial charge in [-0.15, -0.1) is 0 Å². The molecule has 14 heteroatoms. The number of benzene rings is 3. The van der Waals surface area contributed by atoms with E-state index in [9.17, 15) is 28.1 Å². The Labute approximate surface area is 275 Å². The molecule has 1 aliphatic rings. The van der Waals surface area contributed by atoms with Gasteiger partial charge >= 0.3 is 0 Å². The predicted octanol–water partition coefficient (Wildman–Crippen LogP) is 6.00. The maximum absolute atomic E-state index is 14.2. The van der Waals surface area contributed by atoms with Gasteiger partial charge in [-0.3, -0.25) is 24.0 Å². The largest absolute Gasteiger partial charge is 0.495 e. The van der Waals surface area contributed by atoms with Crippen molar-refractivity contribution < 1.29 is 27.7 Å². The molecule has 1 saturated carbocycles. The highest BCUT2D eigenvalue weighted by molar-refractivity contribution is 9.10. The number of halogens is 2. The van der Waals surface area contributed by atoms with E-state index in [1.165, 1.54) is 49.3 Å². The number of hydrogen-bond acceptors (Lipinski definition) is 7. The van der Waals surface area contributed by atoms with Gasteiger partial charge in [-0.05, 0) is 68.7 Å². The number of ether oxygens (including phenoxy) is 1. The van der Waals surface area contributed by atoms with Crippen LogP contribution in [-0.2, 0) is 26.2 Å². The van der Waals surface area contributed by atoms with E-state index in [0.717, 1.165) is 40.5 Å². The van der Waals surface area contributed by atoms with E-state index in [-0.39, 0.29) is 40.5 Å². The van der Waals surface area contributed by atoms with Gasteiger partial charge in [0.15, 0.2) is 0 Å². The number of nitro groups is 1. The highest BCUT2D eigenvalue weighted by Gasteiger charge is 2.35. The topological polar surface area (TPSA) is 139 Å². The van der Waals surface area contributed by atoms with Crippen LogP contribution >= 0.6 is 27.5 Å². The standard InChI is InChI=1S/C31H34BrClN4O7S/c1-20-11-13-26(17-27(20)37(40)41)45(42,43)36(28-16-24(33)12-14-29(28)44-3)19-30(38)35(18-22-7-6-8-23(32)15-22)21(2)31(39)34-25-9-4-5-10-25/h6-8,11-17,21,25H,4-5,9-10,18-19H2,1-3H3,(H,34,39)/t21-/m1/s1. The van der Waals surface area contributed by atoms with Crippen LogP contribution in [0.15, 0.2) is 70.0 Å². The van der Waals surface area contributed by atoms with Crippen molar-refractivity contribution in [3.8, 4) is 5.75 Å². The van der Waals surface area contributed by atoms with Crippen molar-refractivity contribution in [2.45, 2.75) is 63.1 Å². The quantitative estimate of drug-likeness (QED) is 0.179. The molecule has 3 aromatic carbocycles. The van der Waals surface area contributed by atoms with Crippen molar-refractivity contribution in [2.75, 3.05) is 18.0 Å². The van der Waals surface area contributed by atoms with Crippen molar-refractivity contribution in [1.82, 2.24) is 10.2 Å². The number of carbonyl (C=O) groups excluding carboxylic acids is 2. The zero-order valence-corrected chi connectivity index (χ0v) is 28.2. The van der Waals surface area contributed by atoms with Crippen molar-refractivity contribution in [3.05, 3.63) is 91.4 Å². The molecule has 1 N–H and O–H groups in total. The second kappa shape index (κ2) is 14.6. The van der Waals surface area contributed by atoms with Gasteiger partial charge < -0.3 is 15.0 Å².